The van der Waals surface area contributed by atoms with Gasteiger partial charge in [-0.3, -0.25) is 9.59 Å². The van der Waals surface area contributed by atoms with Gasteiger partial charge in [-0.2, -0.15) is 0 Å². The number of aryl methyl sites for hydroxylation is 1. The second-order valence-corrected chi connectivity index (χ2v) is 11.2. The molecule has 5 nitrogen and oxygen atoms in total. The third-order valence-electron chi connectivity index (χ3n) is 8.20. The summed E-state index contributed by atoms with van der Waals surface area (Å²) >= 11 is 0. The molecule has 1 aromatic carbocycles. The number of rotatable bonds is 6. The summed E-state index contributed by atoms with van der Waals surface area (Å²) in [5.74, 6) is 2.67. The molecule has 0 radical (unpaired) electrons. The minimum Gasteiger partial charge on any atom is -0.340 e. The van der Waals surface area contributed by atoms with Gasteiger partial charge in [0.05, 0.1) is 0 Å². The van der Waals surface area contributed by atoms with Crippen LogP contribution in [0.5, 0.6) is 0 Å². The molecular formula is C28H35N3O2. The van der Waals surface area contributed by atoms with Gasteiger partial charge in [0.15, 0.2) is 0 Å². The first-order chi connectivity index (χ1) is 15.8. The standard InChI is InChI=1S/C28H35N3O2/c1-17(2)25(27(33)30-24-9-4-18(3)16-29-24)31-26(32)22-5-7-23(8-6-22)28-13-19-10-20(14-28)12-21(11-19)15-28/h4-9,16-17,19-21,25H,10-15H2,1-3H3,(H,31,32)(H,29,30,33)/t19?,20?,21?,25-,28?/m1/s1. The van der Waals surface area contributed by atoms with Crippen LogP contribution < -0.4 is 10.6 Å². The molecule has 174 valence electrons. The number of amides is 2. The van der Waals surface area contributed by atoms with Crippen LogP contribution in [-0.2, 0) is 10.2 Å². The van der Waals surface area contributed by atoms with Crippen LogP contribution in [0.2, 0.25) is 0 Å². The van der Waals surface area contributed by atoms with Crippen molar-refractivity contribution in [3.05, 3.63) is 59.3 Å². The molecule has 2 aromatic rings. The number of hydrogen-bond acceptors (Lipinski definition) is 3. The van der Waals surface area contributed by atoms with Crippen LogP contribution in [0.1, 0.15) is 73.9 Å². The first kappa shape index (κ1) is 22.1. The van der Waals surface area contributed by atoms with Crippen LogP contribution in [0.4, 0.5) is 5.82 Å². The minimum absolute atomic E-state index is 0.0503. The van der Waals surface area contributed by atoms with Gasteiger partial charge in [-0.05, 0) is 104 Å². The molecule has 1 heterocycles. The lowest BCUT2D eigenvalue weighted by Gasteiger charge is -2.57. The summed E-state index contributed by atoms with van der Waals surface area (Å²) in [6, 6.07) is 11.3. The molecule has 0 aliphatic heterocycles. The molecule has 2 amide bonds. The quantitative estimate of drug-likeness (QED) is 0.638. The van der Waals surface area contributed by atoms with E-state index in [0.29, 0.717) is 16.8 Å². The van der Waals surface area contributed by atoms with Crippen molar-refractivity contribution in [2.24, 2.45) is 23.7 Å². The molecule has 6 rings (SSSR count). The smallest absolute Gasteiger partial charge is 0.251 e. The van der Waals surface area contributed by atoms with E-state index in [-0.39, 0.29) is 17.7 Å². The molecule has 33 heavy (non-hydrogen) atoms. The van der Waals surface area contributed by atoms with Gasteiger partial charge in [0.25, 0.3) is 5.91 Å². The van der Waals surface area contributed by atoms with Crippen molar-refractivity contribution in [1.29, 1.82) is 0 Å². The fourth-order valence-electron chi connectivity index (χ4n) is 6.94. The maximum atomic E-state index is 13.0. The number of carbonyl (C=O) groups is 2. The molecule has 4 saturated carbocycles. The Morgan fingerprint density at radius 3 is 2.06 bits per heavy atom. The Labute approximate surface area is 196 Å². The lowest BCUT2D eigenvalue weighted by molar-refractivity contribution is -0.118. The number of hydrogen-bond donors (Lipinski definition) is 2. The van der Waals surface area contributed by atoms with Crippen LogP contribution in [0.25, 0.3) is 0 Å². The maximum absolute atomic E-state index is 13.0. The lowest BCUT2D eigenvalue weighted by atomic mass is 9.48. The van der Waals surface area contributed by atoms with Crippen molar-refractivity contribution in [3.8, 4) is 0 Å². The molecule has 1 aromatic heterocycles. The van der Waals surface area contributed by atoms with Crippen LogP contribution >= 0.6 is 0 Å². The number of nitrogens with one attached hydrogen (secondary N) is 2. The Kier molecular flexibility index (Phi) is 5.75. The number of benzene rings is 1. The molecule has 0 saturated heterocycles. The van der Waals surface area contributed by atoms with E-state index in [4.69, 9.17) is 0 Å². The number of aromatic nitrogens is 1. The second kappa shape index (κ2) is 8.58. The molecule has 4 aliphatic rings. The number of pyridine rings is 1. The van der Waals surface area contributed by atoms with Crippen molar-refractivity contribution in [1.82, 2.24) is 10.3 Å². The number of carbonyl (C=O) groups excluding carboxylic acids is 2. The first-order valence-corrected chi connectivity index (χ1v) is 12.5. The first-order valence-electron chi connectivity index (χ1n) is 12.5. The van der Waals surface area contributed by atoms with E-state index in [1.54, 1.807) is 12.3 Å². The highest BCUT2D eigenvalue weighted by atomic mass is 16.2. The van der Waals surface area contributed by atoms with Crippen LogP contribution in [0.15, 0.2) is 42.6 Å². The Hall–Kier alpha value is -2.69. The summed E-state index contributed by atoms with van der Waals surface area (Å²) < 4.78 is 0. The summed E-state index contributed by atoms with van der Waals surface area (Å²) in [6.45, 7) is 5.82. The van der Waals surface area contributed by atoms with E-state index >= 15 is 0 Å². The molecule has 0 spiro atoms. The zero-order chi connectivity index (χ0) is 23.2. The topological polar surface area (TPSA) is 71.1 Å². The molecule has 5 heteroatoms. The van der Waals surface area contributed by atoms with Gasteiger partial charge in [0.1, 0.15) is 11.9 Å². The largest absolute Gasteiger partial charge is 0.340 e. The normalized spacial score (nSPS) is 28.5. The van der Waals surface area contributed by atoms with Crippen molar-refractivity contribution in [3.63, 3.8) is 0 Å². The van der Waals surface area contributed by atoms with Crippen LogP contribution in [0.3, 0.4) is 0 Å². The Morgan fingerprint density at radius 2 is 1.55 bits per heavy atom. The van der Waals surface area contributed by atoms with E-state index < -0.39 is 6.04 Å². The van der Waals surface area contributed by atoms with E-state index in [2.05, 4.69) is 27.8 Å². The average molecular weight is 446 g/mol. The number of nitrogens with zero attached hydrogens (tertiary/aromatic N) is 1. The number of anilines is 1. The molecule has 0 unspecified atom stereocenters. The molecule has 2 N–H and O–H groups in total. The Bertz CT molecular complexity index is 991. The van der Waals surface area contributed by atoms with Gasteiger partial charge in [0, 0.05) is 11.8 Å². The summed E-state index contributed by atoms with van der Waals surface area (Å²) in [6.07, 6.45) is 9.93. The van der Waals surface area contributed by atoms with Crippen molar-refractivity contribution < 1.29 is 9.59 Å². The predicted octanol–water partition coefficient (Wildman–Crippen LogP) is 5.25. The van der Waals surface area contributed by atoms with Crippen molar-refractivity contribution in [2.45, 2.75) is 70.8 Å². The lowest BCUT2D eigenvalue weighted by Crippen LogP contribution is -2.48. The molecule has 4 aliphatic carbocycles. The highest BCUT2D eigenvalue weighted by Gasteiger charge is 2.51. The predicted molar refractivity (Wildman–Crippen MR) is 130 cm³/mol. The van der Waals surface area contributed by atoms with E-state index in [9.17, 15) is 9.59 Å². The second-order valence-electron chi connectivity index (χ2n) is 11.2. The molecule has 4 bridgehead atoms. The van der Waals surface area contributed by atoms with E-state index in [1.165, 1.54) is 44.1 Å². The van der Waals surface area contributed by atoms with E-state index in [0.717, 1.165) is 23.3 Å². The van der Waals surface area contributed by atoms with Crippen molar-refractivity contribution >= 4 is 17.6 Å². The highest BCUT2D eigenvalue weighted by Crippen LogP contribution is 2.60. The van der Waals surface area contributed by atoms with Crippen LogP contribution in [0, 0.1) is 30.6 Å². The average Bonchev–Trinajstić information content (AvgIpc) is 2.78. The zero-order valence-corrected chi connectivity index (χ0v) is 19.9. The maximum Gasteiger partial charge on any atom is 0.251 e. The molecular weight excluding hydrogens is 410 g/mol. The summed E-state index contributed by atoms with van der Waals surface area (Å²) in [5.41, 5.74) is 3.36. The van der Waals surface area contributed by atoms with Crippen molar-refractivity contribution in [2.75, 3.05) is 5.32 Å². The summed E-state index contributed by atoms with van der Waals surface area (Å²) in [7, 11) is 0. The molecule has 4 fully saturated rings. The van der Waals surface area contributed by atoms with Gasteiger partial charge >= 0.3 is 0 Å². The van der Waals surface area contributed by atoms with E-state index in [1.807, 2.05) is 39.0 Å². The van der Waals surface area contributed by atoms with Gasteiger partial charge in [-0.25, -0.2) is 4.98 Å². The van der Waals surface area contributed by atoms with Gasteiger partial charge in [-0.15, -0.1) is 0 Å². The van der Waals surface area contributed by atoms with Crippen LogP contribution in [-0.4, -0.2) is 22.8 Å². The summed E-state index contributed by atoms with van der Waals surface area (Å²) in [4.78, 5) is 30.1. The third kappa shape index (κ3) is 4.42. The monoisotopic (exact) mass is 445 g/mol. The fourth-order valence-corrected chi connectivity index (χ4v) is 6.94. The molecule has 1 atom stereocenters. The van der Waals surface area contributed by atoms with Gasteiger partial charge < -0.3 is 10.6 Å². The fraction of sp³-hybridized carbons (Fsp3) is 0.536. The van der Waals surface area contributed by atoms with Gasteiger partial charge in [-0.1, -0.05) is 32.0 Å². The van der Waals surface area contributed by atoms with Gasteiger partial charge in [0.2, 0.25) is 5.91 Å². The SMILES string of the molecule is Cc1ccc(NC(=O)[C@H](NC(=O)c2ccc(C34CC5CC(CC(C5)C3)C4)cc2)C(C)C)nc1. The minimum atomic E-state index is -0.636. The highest BCUT2D eigenvalue weighted by molar-refractivity contribution is 6.01. The zero-order valence-electron chi connectivity index (χ0n) is 19.9. The Morgan fingerprint density at radius 1 is 0.939 bits per heavy atom. The third-order valence-corrected chi connectivity index (χ3v) is 8.20. The summed E-state index contributed by atoms with van der Waals surface area (Å²) in [5, 5.41) is 5.77. The Balaban J connectivity index is 1.26.